The molecule has 13 heteroatoms. The number of amides is 2. The molecular formula is C38H38Cl2F3N3O4S. The summed E-state index contributed by atoms with van der Waals surface area (Å²) in [6.07, 6.45) is -0.211. The lowest BCUT2D eigenvalue weighted by molar-refractivity contribution is -0.140. The first-order valence-corrected chi connectivity index (χ1v) is 18.8. The summed E-state index contributed by atoms with van der Waals surface area (Å²) < 4.78 is 70.8. The second-order valence-corrected chi connectivity index (χ2v) is 15.4. The van der Waals surface area contributed by atoms with Gasteiger partial charge in [0.25, 0.3) is 10.0 Å². The van der Waals surface area contributed by atoms with E-state index in [1.807, 2.05) is 18.2 Å². The molecule has 0 unspecified atom stereocenters. The SMILES string of the molecule is Cc1ccc(S(=O)(=O)N(CC(=O)N(Cc2ccc(Cl)cc2Cl)[C@@H](Cc2ccccc2)C(=O)NC2CCCCC2)c2cccc(C(F)(F)F)c2)cc1. The summed E-state index contributed by atoms with van der Waals surface area (Å²) in [5, 5.41) is 3.67. The molecule has 0 bridgehead atoms. The van der Waals surface area contributed by atoms with Gasteiger partial charge in [0.1, 0.15) is 12.6 Å². The van der Waals surface area contributed by atoms with Gasteiger partial charge in [-0.2, -0.15) is 13.2 Å². The molecule has 4 aromatic carbocycles. The molecule has 1 atom stereocenters. The number of hydrogen-bond acceptors (Lipinski definition) is 4. The molecular weight excluding hydrogens is 722 g/mol. The molecule has 0 aromatic heterocycles. The predicted octanol–water partition coefficient (Wildman–Crippen LogP) is 8.60. The van der Waals surface area contributed by atoms with Crippen LogP contribution in [0.25, 0.3) is 0 Å². The Morgan fingerprint density at radius 1 is 0.882 bits per heavy atom. The number of carbonyl (C=O) groups excluding carboxylic acids is 2. The van der Waals surface area contributed by atoms with Gasteiger partial charge in [0.15, 0.2) is 0 Å². The summed E-state index contributed by atoms with van der Waals surface area (Å²) in [7, 11) is -4.60. The van der Waals surface area contributed by atoms with Crippen LogP contribution in [-0.2, 0) is 38.8 Å². The zero-order valence-corrected chi connectivity index (χ0v) is 30.2. The van der Waals surface area contributed by atoms with Crippen molar-refractivity contribution in [3.05, 3.63) is 129 Å². The van der Waals surface area contributed by atoms with Crippen molar-refractivity contribution in [2.75, 3.05) is 10.8 Å². The fraction of sp³-hybridized carbons (Fsp3) is 0.316. The molecule has 7 nitrogen and oxygen atoms in total. The largest absolute Gasteiger partial charge is 0.416 e. The Hall–Kier alpha value is -4.06. The third kappa shape index (κ3) is 9.84. The van der Waals surface area contributed by atoms with Crippen molar-refractivity contribution in [1.29, 1.82) is 0 Å². The first kappa shape index (κ1) is 38.2. The molecule has 0 radical (unpaired) electrons. The average molecular weight is 761 g/mol. The van der Waals surface area contributed by atoms with Crippen molar-refractivity contribution in [1.82, 2.24) is 10.2 Å². The number of aryl methyl sites for hydroxylation is 1. The van der Waals surface area contributed by atoms with Crippen LogP contribution >= 0.6 is 23.2 Å². The lowest BCUT2D eigenvalue weighted by atomic mass is 9.94. The van der Waals surface area contributed by atoms with Crippen molar-refractivity contribution >= 4 is 50.7 Å². The topological polar surface area (TPSA) is 86.8 Å². The Kier molecular flexibility index (Phi) is 12.4. The Morgan fingerprint density at radius 3 is 2.22 bits per heavy atom. The smallest absolute Gasteiger partial charge is 0.352 e. The van der Waals surface area contributed by atoms with Crippen LogP contribution in [0.4, 0.5) is 18.9 Å². The molecule has 1 aliphatic carbocycles. The molecule has 1 aliphatic rings. The number of rotatable bonds is 12. The first-order valence-electron chi connectivity index (χ1n) is 16.6. The summed E-state index contributed by atoms with van der Waals surface area (Å²) >= 11 is 12.7. The van der Waals surface area contributed by atoms with Gasteiger partial charge < -0.3 is 10.2 Å². The van der Waals surface area contributed by atoms with E-state index in [9.17, 15) is 31.2 Å². The average Bonchev–Trinajstić information content (AvgIpc) is 3.10. The molecule has 1 fully saturated rings. The van der Waals surface area contributed by atoms with Crippen molar-refractivity contribution in [3.63, 3.8) is 0 Å². The third-order valence-electron chi connectivity index (χ3n) is 8.93. The van der Waals surface area contributed by atoms with Gasteiger partial charge in [0.2, 0.25) is 11.8 Å². The van der Waals surface area contributed by atoms with E-state index in [4.69, 9.17) is 23.2 Å². The number of hydrogen-bond donors (Lipinski definition) is 1. The monoisotopic (exact) mass is 759 g/mol. The van der Waals surface area contributed by atoms with E-state index in [-0.39, 0.29) is 34.6 Å². The molecule has 0 heterocycles. The number of benzene rings is 4. The highest BCUT2D eigenvalue weighted by atomic mass is 35.5. The molecule has 1 N–H and O–H groups in total. The van der Waals surface area contributed by atoms with Crippen LogP contribution in [0.5, 0.6) is 0 Å². The lowest BCUT2D eigenvalue weighted by Gasteiger charge is -2.35. The van der Waals surface area contributed by atoms with Gasteiger partial charge in [-0.1, -0.05) is 103 Å². The standard InChI is InChI=1S/C38H38Cl2F3N3O4S/c1-26-15-19-33(20-16-26)51(49,50)46(32-14-8-11-29(22-32)38(41,42)43)25-36(47)45(24-28-17-18-30(39)23-34(28)40)35(21-27-9-4-2-5-10-27)37(48)44-31-12-6-3-7-13-31/h2,4-5,8-11,14-20,22-23,31,35H,3,6-7,12-13,21,24-25H2,1H3,(H,44,48)/t35-/m0/s1. The van der Waals surface area contributed by atoms with Gasteiger partial charge in [-0.3, -0.25) is 13.9 Å². The Bertz CT molecular complexity index is 1940. The molecule has 0 aliphatic heterocycles. The van der Waals surface area contributed by atoms with E-state index >= 15 is 0 Å². The molecule has 1 saturated carbocycles. The second kappa shape index (κ2) is 16.5. The molecule has 4 aromatic rings. The van der Waals surface area contributed by atoms with Crippen molar-refractivity contribution in [3.8, 4) is 0 Å². The van der Waals surface area contributed by atoms with Crippen LogP contribution in [0.3, 0.4) is 0 Å². The molecule has 51 heavy (non-hydrogen) atoms. The normalized spacial score (nSPS) is 14.5. The molecule has 0 spiro atoms. The minimum Gasteiger partial charge on any atom is -0.352 e. The number of nitrogens with zero attached hydrogens (tertiary/aromatic N) is 2. The maximum absolute atomic E-state index is 14.7. The predicted molar refractivity (Wildman–Crippen MR) is 193 cm³/mol. The Balaban J connectivity index is 1.61. The van der Waals surface area contributed by atoms with Crippen LogP contribution in [0.15, 0.2) is 102 Å². The highest BCUT2D eigenvalue weighted by Gasteiger charge is 2.37. The highest BCUT2D eigenvalue weighted by Crippen LogP contribution is 2.34. The number of halogens is 5. The van der Waals surface area contributed by atoms with Crippen molar-refractivity contribution in [2.45, 2.75) is 75.1 Å². The number of nitrogens with one attached hydrogen (secondary N) is 1. The second-order valence-electron chi connectivity index (χ2n) is 12.7. The summed E-state index contributed by atoms with van der Waals surface area (Å²) in [6.45, 7) is 0.631. The zero-order valence-electron chi connectivity index (χ0n) is 27.9. The molecule has 2 amide bonds. The number of anilines is 1. The van der Waals surface area contributed by atoms with Crippen molar-refractivity contribution < 1.29 is 31.2 Å². The summed E-state index contributed by atoms with van der Waals surface area (Å²) in [6, 6.07) is 22.1. The van der Waals surface area contributed by atoms with Crippen LogP contribution in [-0.4, -0.2) is 43.8 Å². The van der Waals surface area contributed by atoms with Gasteiger partial charge in [-0.05, 0) is 73.4 Å². The van der Waals surface area contributed by atoms with E-state index in [0.29, 0.717) is 21.0 Å². The number of sulfonamides is 1. The van der Waals surface area contributed by atoms with Crippen LogP contribution < -0.4 is 9.62 Å². The zero-order chi connectivity index (χ0) is 36.8. The first-order chi connectivity index (χ1) is 24.2. The van der Waals surface area contributed by atoms with Crippen LogP contribution in [0.2, 0.25) is 10.0 Å². The van der Waals surface area contributed by atoms with Gasteiger partial charge in [0.05, 0.1) is 16.1 Å². The van der Waals surface area contributed by atoms with Gasteiger partial charge in [-0.15, -0.1) is 0 Å². The molecule has 5 rings (SSSR count). The van der Waals surface area contributed by atoms with E-state index in [1.165, 1.54) is 29.2 Å². The van der Waals surface area contributed by atoms with Gasteiger partial charge in [-0.25, -0.2) is 8.42 Å². The van der Waals surface area contributed by atoms with Gasteiger partial charge in [0, 0.05) is 29.1 Å². The number of carbonyl (C=O) groups is 2. The summed E-state index contributed by atoms with van der Waals surface area (Å²) in [5.74, 6) is -1.26. The van der Waals surface area contributed by atoms with E-state index in [0.717, 1.165) is 55.4 Å². The van der Waals surface area contributed by atoms with E-state index < -0.39 is 46.2 Å². The molecule has 270 valence electrons. The minimum atomic E-state index is -4.78. The lowest BCUT2D eigenvalue weighted by Crippen LogP contribution is -2.55. The third-order valence-corrected chi connectivity index (χ3v) is 11.3. The Morgan fingerprint density at radius 2 is 1.57 bits per heavy atom. The van der Waals surface area contributed by atoms with Crippen LogP contribution in [0.1, 0.15) is 54.4 Å². The fourth-order valence-electron chi connectivity index (χ4n) is 6.14. The van der Waals surface area contributed by atoms with E-state index in [2.05, 4.69) is 5.32 Å². The Labute approximate surface area is 306 Å². The maximum atomic E-state index is 14.7. The highest BCUT2D eigenvalue weighted by molar-refractivity contribution is 7.92. The fourth-order valence-corrected chi connectivity index (χ4v) is 8.01. The quantitative estimate of drug-likeness (QED) is 0.157. The summed E-state index contributed by atoms with van der Waals surface area (Å²) in [5.41, 5.74) is 0.479. The number of alkyl halides is 3. The minimum absolute atomic E-state index is 0.0740. The van der Waals surface area contributed by atoms with Crippen LogP contribution in [0, 0.1) is 6.92 Å². The van der Waals surface area contributed by atoms with Gasteiger partial charge >= 0.3 is 6.18 Å². The maximum Gasteiger partial charge on any atom is 0.416 e. The van der Waals surface area contributed by atoms with E-state index in [1.54, 1.807) is 43.3 Å². The van der Waals surface area contributed by atoms with Crippen molar-refractivity contribution in [2.24, 2.45) is 0 Å². The molecule has 0 saturated heterocycles. The summed E-state index contributed by atoms with van der Waals surface area (Å²) in [4.78, 5) is 30.0.